The SMILES string of the molecule is CCCCCC(Cc1cccc2c1C(=O)N(C1CCC(=O)NC1=O)C2)N1CCC(n2nc(N3CCCc4cc(-c5cnn(C)c5)c(C(F)F)cc43)c3c2CCN(C(=O)NC)C3)CC1. The number of hydrogen-bond donors (Lipinski definition) is 2. The number of halogens is 2. The van der Waals surface area contributed by atoms with Crippen LogP contribution in [0.15, 0.2) is 42.7 Å². The van der Waals surface area contributed by atoms with Crippen LogP contribution >= 0.6 is 0 Å². The van der Waals surface area contributed by atoms with Gasteiger partial charge in [0.25, 0.3) is 12.3 Å². The van der Waals surface area contributed by atoms with Gasteiger partial charge in [-0.2, -0.15) is 10.2 Å². The lowest BCUT2D eigenvalue weighted by molar-refractivity contribution is -0.136. The maximum atomic E-state index is 14.8. The molecule has 5 aliphatic rings. The Hall–Kier alpha value is -5.64. The molecule has 0 spiro atoms. The molecule has 0 aliphatic carbocycles. The largest absolute Gasteiger partial charge is 0.341 e. The van der Waals surface area contributed by atoms with Crippen LogP contribution in [0.2, 0.25) is 0 Å². The second-order valence-corrected chi connectivity index (χ2v) is 17.9. The quantitative estimate of drug-likeness (QED) is 0.120. The number of piperidine rings is 2. The highest BCUT2D eigenvalue weighted by Gasteiger charge is 2.41. The zero-order chi connectivity index (χ0) is 43.9. The minimum atomic E-state index is -2.68. The molecule has 2 N–H and O–H groups in total. The summed E-state index contributed by atoms with van der Waals surface area (Å²) in [7, 11) is 3.42. The highest BCUT2D eigenvalue weighted by molar-refractivity contribution is 6.06. The van der Waals surface area contributed by atoms with Crippen molar-refractivity contribution in [2.45, 2.75) is 122 Å². The molecule has 9 rings (SSSR count). The number of nitrogens with one attached hydrogen (secondary N) is 2. The zero-order valence-electron chi connectivity index (χ0n) is 36.5. The first-order valence-corrected chi connectivity index (χ1v) is 22.8. The Kier molecular flexibility index (Phi) is 12.1. The molecular weight excluding hydrogens is 807 g/mol. The molecule has 7 heterocycles. The van der Waals surface area contributed by atoms with E-state index in [0.29, 0.717) is 55.7 Å². The van der Waals surface area contributed by atoms with Gasteiger partial charge in [-0.05, 0) is 79.3 Å². The van der Waals surface area contributed by atoms with Gasteiger partial charge in [-0.25, -0.2) is 13.6 Å². The summed E-state index contributed by atoms with van der Waals surface area (Å²) in [6, 6.07) is 9.13. The van der Waals surface area contributed by atoms with Crippen LogP contribution in [0, 0.1) is 0 Å². The number of nitrogens with zero attached hydrogens (tertiary/aromatic N) is 8. The van der Waals surface area contributed by atoms with E-state index in [0.717, 1.165) is 110 Å². The molecule has 4 aromatic rings. The Morgan fingerprint density at radius 1 is 0.984 bits per heavy atom. The Morgan fingerprint density at radius 3 is 2.54 bits per heavy atom. The molecule has 5 aliphatic heterocycles. The molecule has 334 valence electrons. The molecule has 2 fully saturated rings. The fourth-order valence-electron chi connectivity index (χ4n) is 10.8. The Labute approximate surface area is 366 Å². The predicted molar refractivity (Wildman–Crippen MR) is 234 cm³/mol. The second-order valence-electron chi connectivity index (χ2n) is 17.9. The third-order valence-electron chi connectivity index (χ3n) is 14.0. The lowest BCUT2D eigenvalue weighted by atomic mass is 9.92. The Morgan fingerprint density at radius 2 is 1.81 bits per heavy atom. The normalized spacial score (nSPS) is 19.9. The van der Waals surface area contributed by atoms with Crippen molar-refractivity contribution < 1.29 is 28.0 Å². The third-order valence-corrected chi connectivity index (χ3v) is 14.0. The number of amides is 5. The molecule has 0 saturated carbocycles. The van der Waals surface area contributed by atoms with E-state index in [1.54, 1.807) is 47.0 Å². The number of carbonyl (C=O) groups excluding carboxylic acids is 4. The summed E-state index contributed by atoms with van der Waals surface area (Å²) < 4.78 is 33.5. The number of unbranched alkanes of at least 4 members (excludes halogenated alkanes) is 2. The minimum Gasteiger partial charge on any atom is -0.341 e. The van der Waals surface area contributed by atoms with E-state index in [9.17, 15) is 28.0 Å². The van der Waals surface area contributed by atoms with Gasteiger partial charge >= 0.3 is 6.03 Å². The van der Waals surface area contributed by atoms with Crippen molar-refractivity contribution in [1.29, 1.82) is 0 Å². The Balaban J connectivity index is 0.980. The number of fused-ring (bicyclic) bond motifs is 3. The van der Waals surface area contributed by atoms with Crippen molar-refractivity contribution in [2.75, 3.05) is 38.1 Å². The summed E-state index contributed by atoms with van der Waals surface area (Å²) in [6.07, 6.45) is 10.3. The number of rotatable bonds is 12. The fraction of sp³-hybridized carbons (Fsp3) is 0.532. The molecule has 14 nitrogen and oxygen atoms in total. The lowest BCUT2D eigenvalue weighted by Gasteiger charge is -2.39. The van der Waals surface area contributed by atoms with E-state index in [2.05, 4.69) is 43.2 Å². The van der Waals surface area contributed by atoms with Crippen LogP contribution in [0.25, 0.3) is 11.1 Å². The van der Waals surface area contributed by atoms with Crippen LogP contribution in [0.5, 0.6) is 0 Å². The molecule has 2 unspecified atom stereocenters. The highest BCUT2D eigenvalue weighted by atomic mass is 19.3. The van der Waals surface area contributed by atoms with Crippen molar-refractivity contribution in [2.24, 2.45) is 7.05 Å². The average molecular weight is 865 g/mol. The maximum absolute atomic E-state index is 14.8. The van der Waals surface area contributed by atoms with Gasteiger partial charge in [-0.3, -0.25) is 34.0 Å². The summed E-state index contributed by atoms with van der Waals surface area (Å²) in [5.41, 5.74) is 7.56. The van der Waals surface area contributed by atoms with Gasteiger partial charge < -0.3 is 20.0 Å². The van der Waals surface area contributed by atoms with Crippen molar-refractivity contribution in [3.63, 3.8) is 0 Å². The maximum Gasteiger partial charge on any atom is 0.317 e. The number of hydrogen-bond acceptors (Lipinski definition) is 8. The fourth-order valence-corrected chi connectivity index (χ4v) is 10.8. The molecular formula is C47H58F2N10O4. The number of imide groups is 1. The summed E-state index contributed by atoms with van der Waals surface area (Å²) >= 11 is 0. The minimum absolute atomic E-state index is 0.0359. The number of benzene rings is 2. The summed E-state index contributed by atoms with van der Waals surface area (Å²) in [4.78, 5) is 59.9. The van der Waals surface area contributed by atoms with Gasteiger partial charge in [-0.1, -0.05) is 44.4 Å². The number of urea groups is 1. The molecule has 2 atom stereocenters. The van der Waals surface area contributed by atoms with Crippen molar-refractivity contribution >= 4 is 35.3 Å². The van der Waals surface area contributed by atoms with Gasteiger partial charge in [0.1, 0.15) is 6.04 Å². The summed E-state index contributed by atoms with van der Waals surface area (Å²) in [6.45, 7) is 5.83. The summed E-state index contributed by atoms with van der Waals surface area (Å²) in [5.74, 6) is -0.0933. The van der Waals surface area contributed by atoms with E-state index < -0.39 is 18.4 Å². The summed E-state index contributed by atoms with van der Waals surface area (Å²) in [5, 5.41) is 14.8. The van der Waals surface area contributed by atoms with E-state index in [1.165, 1.54) is 0 Å². The number of aromatic nitrogens is 4. The molecule has 16 heteroatoms. The average Bonchev–Trinajstić information content (AvgIpc) is 4.00. The predicted octanol–water partition coefficient (Wildman–Crippen LogP) is 6.59. The topological polar surface area (TPSA) is 141 Å². The van der Waals surface area contributed by atoms with Crippen molar-refractivity contribution in [1.82, 2.24) is 44.9 Å². The first kappa shape index (κ1) is 42.7. The molecule has 5 amide bonds. The molecule has 0 radical (unpaired) electrons. The third kappa shape index (κ3) is 8.22. The van der Waals surface area contributed by atoms with Crippen LogP contribution in [0.3, 0.4) is 0 Å². The van der Waals surface area contributed by atoms with Crippen LogP contribution in [0.1, 0.15) is 121 Å². The molecule has 63 heavy (non-hydrogen) atoms. The molecule has 2 aromatic carbocycles. The van der Waals surface area contributed by atoms with E-state index in [1.807, 2.05) is 18.2 Å². The van der Waals surface area contributed by atoms with Gasteiger partial charge in [0.15, 0.2) is 5.82 Å². The lowest BCUT2D eigenvalue weighted by Crippen LogP contribution is -2.52. The van der Waals surface area contributed by atoms with Crippen LogP contribution < -0.4 is 15.5 Å². The molecule has 2 aromatic heterocycles. The number of aryl methyl sites for hydroxylation is 2. The van der Waals surface area contributed by atoms with Gasteiger partial charge in [0.2, 0.25) is 11.8 Å². The van der Waals surface area contributed by atoms with Gasteiger partial charge in [-0.15, -0.1) is 0 Å². The highest BCUT2D eigenvalue weighted by Crippen LogP contribution is 2.44. The number of alkyl halides is 2. The van der Waals surface area contributed by atoms with E-state index in [4.69, 9.17) is 5.10 Å². The monoisotopic (exact) mass is 864 g/mol. The van der Waals surface area contributed by atoms with E-state index in [-0.39, 0.29) is 41.9 Å². The van der Waals surface area contributed by atoms with Crippen LogP contribution in [0.4, 0.5) is 25.1 Å². The van der Waals surface area contributed by atoms with Crippen molar-refractivity contribution in [3.05, 3.63) is 81.8 Å². The van der Waals surface area contributed by atoms with Crippen LogP contribution in [-0.4, -0.2) is 103 Å². The number of carbonyl (C=O) groups is 4. The first-order chi connectivity index (χ1) is 30.5. The van der Waals surface area contributed by atoms with Crippen LogP contribution in [-0.2, 0) is 49.0 Å². The second kappa shape index (κ2) is 17.9. The Bertz CT molecular complexity index is 2400. The first-order valence-electron chi connectivity index (χ1n) is 22.8. The van der Waals surface area contributed by atoms with E-state index >= 15 is 0 Å². The molecule has 0 bridgehead atoms. The molecule has 2 saturated heterocycles. The van der Waals surface area contributed by atoms with Gasteiger partial charge in [0, 0.05) is 106 Å². The van der Waals surface area contributed by atoms with Crippen molar-refractivity contribution in [3.8, 4) is 11.1 Å². The number of likely N-dealkylation sites (tertiary alicyclic amines) is 1. The number of anilines is 2. The zero-order valence-corrected chi connectivity index (χ0v) is 36.5. The smallest absolute Gasteiger partial charge is 0.317 e. The standard InChI is InChI=1S/C47H58F2N10O4/c1-4-5-6-12-34(22-30-9-7-10-31-27-58(46(62)42(30)31)39-13-14-41(60)52-45(39)61)55-19-15-33(16-20-55)59-38-17-21-56(47(63)50-2)28-37(38)44(53-59)57-18-8-11-29-23-35(32-25-51-54(3)26-32)36(43(48)49)24-40(29)57/h7,9-10,23-26,33-34,39,43H,4-6,8,11-22,27-28H2,1-3H3,(H,50,63)(H,52,60,61). The van der Waals surface area contributed by atoms with Gasteiger partial charge in [0.05, 0.1) is 18.8 Å².